The molecular weight excluding hydrogens is 186 g/mol. The summed E-state index contributed by atoms with van der Waals surface area (Å²) in [6.45, 7) is 0. The van der Waals surface area contributed by atoms with E-state index in [0.29, 0.717) is 12.1 Å². The van der Waals surface area contributed by atoms with Crippen molar-refractivity contribution in [1.82, 2.24) is 4.57 Å². The van der Waals surface area contributed by atoms with Crippen molar-refractivity contribution < 1.29 is 4.79 Å². The molecule has 2 heteroatoms. The number of aromatic nitrogens is 1. The third-order valence-corrected chi connectivity index (χ3v) is 2.25. The van der Waals surface area contributed by atoms with E-state index in [2.05, 4.69) is 0 Å². The van der Waals surface area contributed by atoms with Crippen LogP contribution in [-0.2, 0) is 11.2 Å². The number of allylic oxidation sites excluding steroid dienone is 1. The van der Waals surface area contributed by atoms with E-state index in [1.807, 2.05) is 60.8 Å². The zero-order chi connectivity index (χ0) is 10.5. The second-order valence-electron chi connectivity index (χ2n) is 3.30. The molecule has 0 aliphatic rings. The van der Waals surface area contributed by atoms with Gasteiger partial charge in [-0.3, -0.25) is 0 Å². The molecule has 0 saturated heterocycles. The maximum Gasteiger partial charge on any atom is 0.146 e. The van der Waals surface area contributed by atoms with Gasteiger partial charge < -0.3 is 4.57 Å². The van der Waals surface area contributed by atoms with E-state index < -0.39 is 0 Å². The lowest BCUT2D eigenvalue weighted by molar-refractivity contribution is 0.568. The zero-order valence-corrected chi connectivity index (χ0v) is 8.26. The molecule has 0 spiro atoms. The monoisotopic (exact) mass is 197 g/mol. The van der Waals surface area contributed by atoms with Gasteiger partial charge in [0, 0.05) is 18.8 Å². The second-order valence-corrected chi connectivity index (χ2v) is 3.30. The van der Waals surface area contributed by atoms with Gasteiger partial charge in [0.05, 0.1) is 0 Å². The van der Waals surface area contributed by atoms with E-state index in [0.717, 1.165) is 5.56 Å². The topological polar surface area (TPSA) is 22.0 Å². The minimum atomic E-state index is 0.610. The summed E-state index contributed by atoms with van der Waals surface area (Å²) in [5.74, 6) is 1.98. The average Bonchev–Trinajstić information content (AvgIpc) is 2.81. The minimum Gasteiger partial charge on any atom is -0.318 e. The van der Waals surface area contributed by atoms with Crippen molar-refractivity contribution in [3.05, 3.63) is 60.4 Å². The lowest BCUT2D eigenvalue weighted by Crippen LogP contribution is -1.98. The molecule has 15 heavy (non-hydrogen) atoms. The first-order valence-electron chi connectivity index (χ1n) is 4.81. The van der Waals surface area contributed by atoms with Crippen molar-refractivity contribution >= 4 is 11.6 Å². The van der Waals surface area contributed by atoms with Crippen molar-refractivity contribution in [2.24, 2.45) is 0 Å². The fraction of sp³-hybridized carbons (Fsp3) is 0.0769. The summed E-state index contributed by atoms with van der Waals surface area (Å²) >= 11 is 0. The molecule has 0 saturated carbocycles. The Bertz CT molecular complexity index is 465. The normalized spacial score (nSPS) is 9.60. The highest BCUT2D eigenvalue weighted by Crippen LogP contribution is 2.10. The van der Waals surface area contributed by atoms with Gasteiger partial charge in [-0.25, -0.2) is 4.79 Å². The zero-order valence-electron chi connectivity index (χ0n) is 8.26. The third kappa shape index (κ3) is 2.25. The molecule has 0 N–H and O–H groups in total. The fourth-order valence-corrected chi connectivity index (χ4v) is 1.48. The van der Waals surface area contributed by atoms with Gasteiger partial charge in [0.2, 0.25) is 0 Å². The van der Waals surface area contributed by atoms with Crippen LogP contribution in [0.4, 0.5) is 0 Å². The van der Waals surface area contributed by atoms with E-state index in [-0.39, 0.29) is 0 Å². The van der Waals surface area contributed by atoms with Crippen LogP contribution in [0.1, 0.15) is 5.56 Å². The predicted octanol–water partition coefficient (Wildman–Crippen LogP) is 2.40. The molecule has 0 fully saturated rings. The van der Waals surface area contributed by atoms with Crippen molar-refractivity contribution in [1.29, 1.82) is 0 Å². The number of hydrogen-bond donors (Lipinski definition) is 0. The predicted molar refractivity (Wildman–Crippen MR) is 60.0 cm³/mol. The van der Waals surface area contributed by atoms with Gasteiger partial charge in [0.25, 0.3) is 0 Å². The maximum absolute atomic E-state index is 10.8. The molecule has 1 heterocycles. The van der Waals surface area contributed by atoms with E-state index in [9.17, 15) is 4.79 Å². The number of benzene rings is 1. The van der Waals surface area contributed by atoms with Crippen LogP contribution in [0.15, 0.2) is 54.9 Å². The molecular formula is C13H11NO. The molecule has 0 aliphatic heterocycles. The molecule has 0 amide bonds. The fourth-order valence-electron chi connectivity index (χ4n) is 1.48. The van der Waals surface area contributed by atoms with Crippen molar-refractivity contribution in [2.45, 2.75) is 6.42 Å². The molecule has 0 unspecified atom stereocenters. The summed E-state index contributed by atoms with van der Waals surface area (Å²) in [5, 5.41) is 0. The first-order valence-corrected chi connectivity index (χ1v) is 4.81. The first-order chi connectivity index (χ1) is 7.40. The summed E-state index contributed by atoms with van der Waals surface area (Å²) in [6.07, 6.45) is 4.31. The van der Waals surface area contributed by atoms with Gasteiger partial charge in [0.15, 0.2) is 0 Å². The molecule has 0 bridgehead atoms. The van der Waals surface area contributed by atoms with Crippen LogP contribution in [-0.4, -0.2) is 10.5 Å². The maximum atomic E-state index is 10.8. The summed E-state index contributed by atoms with van der Waals surface area (Å²) in [5.41, 5.74) is 1.75. The van der Waals surface area contributed by atoms with E-state index in [1.54, 1.807) is 4.57 Å². The molecule has 0 atom stereocenters. The van der Waals surface area contributed by atoms with Gasteiger partial charge in [-0.1, -0.05) is 30.3 Å². The Labute approximate surface area is 88.5 Å². The Morgan fingerprint density at radius 2 is 1.73 bits per heavy atom. The van der Waals surface area contributed by atoms with Gasteiger partial charge in [-0.15, -0.1) is 0 Å². The average molecular weight is 197 g/mol. The highest BCUT2D eigenvalue weighted by molar-refractivity contribution is 5.78. The first kappa shape index (κ1) is 9.50. The van der Waals surface area contributed by atoms with E-state index in [1.165, 1.54) is 0 Å². The van der Waals surface area contributed by atoms with Crippen molar-refractivity contribution in [3.63, 3.8) is 0 Å². The van der Waals surface area contributed by atoms with Crippen molar-refractivity contribution in [2.75, 3.05) is 0 Å². The molecule has 2 rings (SSSR count). The lowest BCUT2D eigenvalue weighted by atomic mass is 10.1. The largest absolute Gasteiger partial charge is 0.318 e. The van der Waals surface area contributed by atoms with Crippen LogP contribution in [0.2, 0.25) is 0 Å². The Morgan fingerprint density at radius 1 is 1.07 bits per heavy atom. The highest BCUT2D eigenvalue weighted by Gasteiger charge is 2.01. The SMILES string of the molecule is O=C=C(Cc1ccccc1)n1cccc1. The Kier molecular flexibility index (Phi) is 2.82. The van der Waals surface area contributed by atoms with Crippen molar-refractivity contribution in [3.8, 4) is 0 Å². The summed E-state index contributed by atoms with van der Waals surface area (Å²) < 4.78 is 1.79. The Balaban J connectivity index is 2.22. The quantitative estimate of drug-likeness (QED) is 0.692. The standard InChI is InChI=1S/C13H11NO/c15-11-13(14-8-4-5-9-14)10-12-6-2-1-3-7-12/h1-9H,10H2. The smallest absolute Gasteiger partial charge is 0.146 e. The second kappa shape index (κ2) is 4.45. The van der Waals surface area contributed by atoms with Crippen LogP contribution in [0.3, 0.4) is 0 Å². The molecule has 0 radical (unpaired) electrons. The van der Waals surface area contributed by atoms with Crippen LogP contribution in [0.5, 0.6) is 0 Å². The Hall–Kier alpha value is -2.05. The summed E-state index contributed by atoms with van der Waals surface area (Å²) in [6, 6.07) is 13.7. The number of hydrogen-bond acceptors (Lipinski definition) is 1. The highest BCUT2D eigenvalue weighted by atomic mass is 16.1. The molecule has 2 nitrogen and oxygen atoms in total. The van der Waals surface area contributed by atoms with E-state index in [4.69, 9.17) is 0 Å². The van der Waals surface area contributed by atoms with Crippen LogP contribution in [0.25, 0.3) is 5.70 Å². The van der Waals surface area contributed by atoms with E-state index >= 15 is 0 Å². The minimum absolute atomic E-state index is 0.610. The van der Waals surface area contributed by atoms with Gasteiger partial charge >= 0.3 is 0 Å². The molecule has 1 aromatic heterocycles. The Morgan fingerprint density at radius 3 is 2.33 bits per heavy atom. The number of nitrogens with zero attached hydrogens (tertiary/aromatic N) is 1. The summed E-state index contributed by atoms with van der Waals surface area (Å²) in [4.78, 5) is 10.8. The third-order valence-electron chi connectivity index (χ3n) is 2.25. The number of carbonyl (C=O) groups excluding carboxylic acids is 1. The van der Waals surface area contributed by atoms with Gasteiger partial charge in [-0.2, -0.15) is 0 Å². The molecule has 2 aromatic rings. The molecule has 74 valence electrons. The number of rotatable bonds is 3. The van der Waals surface area contributed by atoms with Crippen LogP contribution in [0, 0.1) is 0 Å². The molecule has 0 aliphatic carbocycles. The molecule has 1 aromatic carbocycles. The van der Waals surface area contributed by atoms with Crippen LogP contribution < -0.4 is 0 Å². The lowest BCUT2D eigenvalue weighted by Gasteiger charge is -2.04. The van der Waals surface area contributed by atoms with Crippen LogP contribution >= 0.6 is 0 Å². The summed E-state index contributed by atoms with van der Waals surface area (Å²) in [7, 11) is 0. The van der Waals surface area contributed by atoms with Gasteiger partial charge in [0.1, 0.15) is 11.6 Å². The van der Waals surface area contributed by atoms with Gasteiger partial charge in [-0.05, 0) is 17.7 Å².